The van der Waals surface area contributed by atoms with Crippen LogP contribution in [0.15, 0.2) is 12.1 Å². The molecule has 1 fully saturated rings. The molecule has 1 heterocycles. The Morgan fingerprint density at radius 3 is 2.25 bits per heavy atom. The first-order valence-corrected chi connectivity index (χ1v) is 10.9. The number of anilines is 1. The van der Waals surface area contributed by atoms with Gasteiger partial charge >= 0.3 is 6.09 Å². The van der Waals surface area contributed by atoms with E-state index < -0.39 is 33.2 Å². The molecule has 1 aliphatic heterocycles. The standard InChI is InChI=1S/C18H26F2N2O5S/c1-18(2,3)27-17(23)22-7-5-21(6-8-22)15-12-16(14(20)11-13(15)19)26-9-10-28(4,24)25/h11-12H,5-10H2,1-4H3. The molecule has 0 N–H and O–H groups in total. The molecule has 0 saturated carbocycles. The Morgan fingerprint density at radius 1 is 1.11 bits per heavy atom. The number of carbonyl (C=O) groups excluding carboxylic acids is 1. The second kappa shape index (κ2) is 8.50. The van der Waals surface area contributed by atoms with Gasteiger partial charge in [-0.25, -0.2) is 22.0 Å². The topological polar surface area (TPSA) is 76.2 Å². The average Bonchev–Trinajstić information content (AvgIpc) is 2.54. The zero-order chi connectivity index (χ0) is 21.1. The van der Waals surface area contributed by atoms with E-state index >= 15 is 0 Å². The van der Waals surface area contributed by atoms with Crippen molar-refractivity contribution in [3.05, 3.63) is 23.8 Å². The van der Waals surface area contributed by atoms with Gasteiger partial charge in [0.1, 0.15) is 18.0 Å². The summed E-state index contributed by atoms with van der Waals surface area (Å²) in [6.45, 7) is 6.44. The summed E-state index contributed by atoms with van der Waals surface area (Å²) in [6, 6.07) is 1.93. The van der Waals surface area contributed by atoms with Crippen molar-refractivity contribution < 1.29 is 31.5 Å². The van der Waals surface area contributed by atoms with E-state index in [9.17, 15) is 22.0 Å². The highest BCUT2D eigenvalue weighted by Crippen LogP contribution is 2.29. The summed E-state index contributed by atoms with van der Waals surface area (Å²) >= 11 is 0. The van der Waals surface area contributed by atoms with Crippen molar-refractivity contribution in [2.75, 3.05) is 49.7 Å². The fourth-order valence-corrected chi connectivity index (χ4v) is 3.02. The molecule has 0 spiro atoms. The average molecular weight is 420 g/mol. The summed E-state index contributed by atoms with van der Waals surface area (Å²) < 4.78 is 61.0. The van der Waals surface area contributed by atoms with Gasteiger partial charge in [-0.2, -0.15) is 0 Å². The number of hydrogen-bond acceptors (Lipinski definition) is 6. The zero-order valence-electron chi connectivity index (χ0n) is 16.5. The molecule has 0 radical (unpaired) electrons. The minimum Gasteiger partial charge on any atom is -0.489 e. The Hall–Kier alpha value is -2.10. The van der Waals surface area contributed by atoms with Crippen molar-refractivity contribution in [2.45, 2.75) is 26.4 Å². The van der Waals surface area contributed by atoms with E-state index in [2.05, 4.69) is 0 Å². The van der Waals surface area contributed by atoms with Crippen molar-refractivity contribution in [1.82, 2.24) is 4.90 Å². The zero-order valence-corrected chi connectivity index (χ0v) is 17.3. The minimum absolute atomic E-state index is 0.139. The lowest BCUT2D eigenvalue weighted by Gasteiger charge is -2.37. The van der Waals surface area contributed by atoms with Crippen LogP contribution >= 0.6 is 0 Å². The highest BCUT2D eigenvalue weighted by molar-refractivity contribution is 7.90. The number of piperazine rings is 1. The molecule has 2 rings (SSSR count). The third-order valence-electron chi connectivity index (χ3n) is 3.99. The van der Waals surface area contributed by atoms with Crippen LogP contribution in [0.3, 0.4) is 0 Å². The van der Waals surface area contributed by atoms with Gasteiger partial charge in [-0.3, -0.25) is 0 Å². The van der Waals surface area contributed by atoms with Crippen molar-refractivity contribution in [2.24, 2.45) is 0 Å². The second-order valence-corrected chi connectivity index (χ2v) is 9.93. The molecule has 0 aliphatic carbocycles. The van der Waals surface area contributed by atoms with Crippen LogP contribution in [-0.4, -0.2) is 69.8 Å². The fraction of sp³-hybridized carbons (Fsp3) is 0.611. The molecule has 1 aliphatic rings. The lowest BCUT2D eigenvalue weighted by atomic mass is 10.2. The quantitative estimate of drug-likeness (QED) is 0.728. The van der Waals surface area contributed by atoms with Gasteiger partial charge in [0.05, 0.1) is 11.4 Å². The lowest BCUT2D eigenvalue weighted by Crippen LogP contribution is -2.50. The van der Waals surface area contributed by atoms with Crippen molar-refractivity contribution >= 4 is 21.6 Å². The van der Waals surface area contributed by atoms with Crippen LogP contribution in [0.25, 0.3) is 0 Å². The van der Waals surface area contributed by atoms with E-state index in [0.29, 0.717) is 32.2 Å². The second-order valence-electron chi connectivity index (χ2n) is 7.67. The molecule has 1 amide bonds. The van der Waals surface area contributed by atoms with E-state index in [1.54, 1.807) is 25.7 Å². The SMILES string of the molecule is CC(C)(C)OC(=O)N1CCN(c2cc(OCCS(C)(=O)=O)c(F)cc2F)CC1. The molecule has 0 unspecified atom stereocenters. The Morgan fingerprint density at radius 2 is 1.71 bits per heavy atom. The summed E-state index contributed by atoms with van der Waals surface area (Å²) in [6.07, 6.45) is 0.615. The van der Waals surface area contributed by atoms with Crippen LogP contribution in [0, 0.1) is 11.6 Å². The van der Waals surface area contributed by atoms with Crippen LogP contribution in [0.1, 0.15) is 20.8 Å². The number of hydrogen-bond donors (Lipinski definition) is 0. The maximum atomic E-state index is 14.3. The third kappa shape index (κ3) is 6.50. The molecule has 1 saturated heterocycles. The molecule has 0 aromatic heterocycles. The van der Waals surface area contributed by atoms with E-state index in [1.807, 2.05) is 0 Å². The van der Waals surface area contributed by atoms with Gasteiger partial charge in [0, 0.05) is 44.6 Å². The molecular formula is C18H26F2N2O5S. The molecule has 7 nitrogen and oxygen atoms in total. The maximum absolute atomic E-state index is 14.3. The Balaban J connectivity index is 2.04. The predicted molar refractivity (Wildman–Crippen MR) is 102 cm³/mol. The van der Waals surface area contributed by atoms with Crippen LogP contribution < -0.4 is 9.64 Å². The largest absolute Gasteiger partial charge is 0.489 e. The Bertz CT molecular complexity index is 816. The van der Waals surface area contributed by atoms with Crippen LogP contribution in [0.4, 0.5) is 19.3 Å². The number of rotatable bonds is 5. The number of amides is 1. The monoisotopic (exact) mass is 420 g/mol. The number of halogens is 2. The van der Waals surface area contributed by atoms with Gasteiger partial charge in [-0.05, 0) is 20.8 Å². The first-order chi connectivity index (χ1) is 12.9. The molecule has 1 aromatic rings. The van der Waals surface area contributed by atoms with Crippen LogP contribution in [0.5, 0.6) is 5.75 Å². The summed E-state index contributed by atoms with van der Waals surface area (Å²) in [5.41, 5.74) is -0.463. The smallest absolute Gasteiger partial charge is 0.410 e. The summed E-state index contributed by atoms with van der Waals surface area (Å²) in [5, 5.41) is 0. The van der Waals surface area contributed by atoms with Gasteiger partial charge in [0.15, 0.2) is 21.4 Å². The normalized spacial score (nSPS) is 15.5. The molecule has 28 heavy (non-hydrogen) atoms. The van der Waals surface area contributed by atoms with E-state index in [1.165, 1.54) is 11.0 Å². The first kappa shape index (κ1) is 22.2. The molecular weight excluding hydrogens is 394 g/mol. The summed E-state index contributed by atoms with van der Waals surface area (Å²) in [4.78, 5) is 15.3. The van der Waals surface area contributed by atoms with E-state index in [-0.39, 0.29) is 23.8 Å². The Labute approximate surface area is 164 Å². The van der Waals surface area contributed by atoms with Gasteiger partial charge < -0.3 is 19.3 Å². The highest BCUT2D eigenvalue weighted by atomic mass is 32.2. The number of ether oxygens (including phenoxy) is 2. The fourth-order valence-electron chi connectivity index (χ4n) is 2.63. The number of carbonyl (C=O) groups is 1. The molecule has 10 heteroatoms. The van der Waals surface area contributed by atoms with Gasteiger partial charge in [0.25, 0.3) is 0 Å². The predicted octanol–water partition coefficient (Wildman–Crippen LogP) is 2.45. The summed E-state index contributed by atoms with van der Waals surface area (Å²) in [5.74, 6) is -2.14. The number of nitrogens with zero attached hydrogens (tertiary/aromatic N) is 2. The molecule has 0 bridgehead atoms. The summed E-state index contributed by atoms with van der Waals surface area (Å²) in [7, 11) is -3.25. The van der Waals surface area contributed by atoms with Gasteiger partial charge in [-0.15, -0.1) is 0 Å². The highest BCUT2D eigenvalue weighted by Gasteiger charge is 2.27. The molecule has 0 atom stereocenters. The number of sulfone groups is 1. The van der Waals surface area contributed by atoms with Crippen LogP contribution in [-0.2, 0) is 14.6 Å². The van der Waals surface area contributed by atoms with Gasteiger partial charge in [0.2, 0.25) is 0 Å². The van der Waals surface area contributed by atoms with Crippen molar-refractivity contribution in [3.63, 3.8) is 0 Å². The van der Waals surface area contributed by atoms with Crippen LogP contribution in [0.2, 0.25) is 0 Å². The molecule has 158 valence electrons. The van der Waals surface area contributed by atoms with Gasteiger partial charge in [-0.1, -0.05) is 0 Å². The van der Waals surface area contributed by atoms with Crippen molar-refractivity contribution in [3.8, 4) is 5.75 Å². The van der Waals surface area contributed by atoms with E-state index in [4.69, 9.17) is 9.47 Å². The minimum atomic E-state index is -3.25. The molecule has 1 aromatic carbocycles. The number of benzene rings is 1. The first-order valence-electron chi connectivity index (χ1n) is 8.88. The Kier molecular flexibility index (Phi) is 6.74. The van der Waals surface area contributed by atoms with E-state index in [0.717, 1.165) is 6.26 Å². The lowest BCUT2D eigenvalue weighted by molar-refractivity contribution is 0.0240. The van der Waals surface area contributed by atoms with Crippen molar-refractivity contribution in [1.29, 1.82) is 0 Å². The maximum Gasteiger partial charge on any atom is 0.410 e. The third-order valence-corrected chi connectivity index (χ3v) is 4.89.